The molecule has 3 heterocycles. The number of hydrogen-bond donors (Lipinski definition) is 3. The number of halogens is 1. The first kappa shape index (κ1) is 23.7. The summed E-state index contributed by atoms with van der Waals surface area (Å²) in [6, 6.07) is 15.4. The number of aromatic amines is 1. The molecule has 1 fully saturated rings. The molecule has 0 saturated carbocycles. The number of anilines is 3. The van der Waals surface area contributed by atoms with Crippen LogP contribution in [0.3, 0.4) is 0 Å². The minimum Gasteiger partial charge on any atom is -0.383 e. The van der Waals surface area contributed by atoms with Crippen molar-refractivity contribution in [1.29, 1.82) is 0 Å². The van der Waals surface area contributed by atoms with E-state index < -0.39 is 5.95 Å². The van der Waals surface area contributed by atoms with Crippen LogP contribution in [0.4, 0.5) is 21.8 Å². The normalized spacial score (nSPS) is 14.5. The van der Waals surface area contributed by atoms with Crippen LogP contribution in [-0.4, -0.2) is 59.1 Å². The van der Waals surface area contributed by atoms with Gasteiger partial charge in [-0.25, -0.2) is 9.97 Å². The van der Waals surface area contributed by atoms with E-state index in [-0.39, 0.29) is 11.4 Å². The zero-order valence-corrected chi connectivity index (χ0v) is 20.7. The number of aromatic nitrogens is 3. The first-order valence-electron chi connectivity index (χ1n) is 12.1. The van der Waals surface area contributed by atoms with Crippen LogP contribution < -0.4 is 21.5 Å². The van der Waals surface area contributed by atoms with E-state index in [4.69, 9.17) is 5.73 Å². The Morgan fingerprint density at radius 2 is 1.67 bits per heavy atom. The fraction of sp³-hybridized carbons (Fsp3) is 0.296. The van der Waals surface area contributed by atoms with E-state index in [1.165, 1.54) is 0 Å². The Morgan fingerprint density at radius 3 is 2.33 bits per heavy atom. The van der Waals surface area contributed by atoms with Gasteiger partial charge in [-0.1, -0.05) is 18.2 Å². The third-order valence-corrected chi connectivity index (χ3v) is 6.85. The van der Waals surface area contributed by atoms with Crippen molar-refractivity contribution in [3.63, 3.8) is 0 Å². The zero-order chi connectivity index (χ0) is 25.4. The third-order valence-electron chi connectivity index (χ3n) is 6.85. The maximum Gasteiger partial charge on any atom is 0.260 e. The van der Waals surface area contributed by atoms with Crippen LogP contribution in [0.25, 0.3) is 33.2 Å². The molecule has 4 aromatic rings. The van der Waals surface area contributed by atoms with Crippen molar-refractivity contribution < 1.29 is 4.39 Å². The lowest BCUT2D eigenvalue weighted by atomic mass is 9.99. The molecule has 4 N–H and O–H groups in total. The highest BCUT2D eigenvalue weighted by atomic mass is 19.1. The summed E-state index contributed by atoms with van der Waals surface area (Å²) < 4.78 is 14.9. The van der Waals surface area contributed by atoms with Gasteiger partial charge in [0, 0.05) is 56.1 Å². The molecule has 0 bridgehead atoms. The first-order valence-corrected chi connectivity index (χ1v) is 12.1. The molecule has 0 unspecified atom stereocenters. The molecule has 2 aromatic heterocycles. The average Bonchev–Trinajstić information content (AvgIpc) is 2.88. The Bertz CT molecular complexity index is 1460. The van der Waals surface area contributed by atoms with Gasteiger partial charge < -0.3 is 16.0 Å². The third kappa shape index (κ3) is 4.49. The molecule has 186 valence electrons. The smallest absolute Gasteiger partial charge is 0.260 e. The molecule has 1 saturated heterocycles. The first-order chi connectivity index (χ1) is 17.3. The second-order valence-electron chi connectivity index (χ2n) is 9.32. The molecular formula is C27H30FN7O. The van der Waals surface area contributed by atoms with E-state index in [1.807, 2.05) is 24.3 Å². The summed E-state index contributed by atoms with van der Waals surface area (Å²) in [4.78, 5) is 28.2. The highest BCUT2D eigenvalue weighted by molar-refractivity contribution is 5.88. The van der Waals surface area contributed by atoms with E-state index in [0.717, 1.165) is 37.4 Å². The van der Waals surface area contributed by atoms with Crippen LogP contribution in [0.15, 0.2) is 53.3 Å². The highest BCUT2D eigenvalue weighted by Crippen LogP contribution is 2.33. The SMILES string of the molecule is CNc1nc2cc(-c3cc(-c4ccc(N5CCN(C(C)C)CC5)cc4)c(F)nc3N)ccc2c(=O)[nH]1. The Hall–Kier alpha value is -3.98. The number of nitrogens with two attached hydrogens (primary N) is 1. The van der Waals surface area contributed by atoms with E-state index in [1.54, 1.807) is 31.3 Å². The fourth-order valence-corrected chi connectivity index (χ4v) is 4.71. The van der Waals surface area contributed by atoms with Crippen molar-refractivity contribution in [2.45, 2.75) is 19.9 Å². The van der Waals surface area contributed by atoms with Gasteiger partial charge in [0.1, 0.15) is 5.82 Å². The molecule has 0 aliphatic carbocycles. The van der Waals surface area contributed by atoms with Crippen LogP contribution in [-0.2, 0) is 0 Å². The Labute approximate surface area is 209 Å². The molecule has 2 aromatic carbocycles. The number of piperazine rings is 1. The quantitative estimate of drug-likeness (QED) is 0.366. The van der Waals surface area contributed by atoms with Crippen LogP contribution in [0.2, 0.25) is 0 Å². The molecule has 1 aliphatic rings. The molecular weight excluding hydrogens is 457 g/mol. The molecule has 1 aliphatic heterocycles. The van der Waals surface area contributed by atoms with Gasteiger partial charge in [-0.2, -0.15) is 4.39 Å². The minimum atomic E-state index is -0.623. The van der Waals surface area contributed by atoms with E-state index in [2.05, 4.69) is 43.9 Å². The molecule has 8 nitrogen and oxygen atoms in total. The number of nitrogen functional groups attached to an aromatic ring is 1. The molecule has 5 rings (SSSR count). The summed E-state index contributed by atoms with van der Waals surface area (Å²) in [5, 5.41) is 3.30. The minimum absolute atomic E-state index is 0.0777. The largest absolute Gasteiger partial charge is 0.383 e. The predicted octanol–water partition coefficient (Wildman–Crippen LogP) is 3.95. The standard InChI is InChI=1S/C27H30FN7O/c1-16(2)34-10-12-35(13-11-34)19-7-4-17(5-8-19)21-15-22(25(29)32-24(21)28)18-6-9-20-23(14-18)31-27(30-3)33-26(20)36/h4-9,14-16H,10-13H2,1-3H3,(H2,29,32)(H2,30,31,33,36). The molecule has 0 amide bonds. The number of rotatable bonds is 5. The zero-order valence-electron chi connectivity index (χ0n) is 20.7. The van der Waals surface area contributed by atoms with Crippen molar-refractivity contribution in [2.75, 3.05) is 49.2 Å². The van der Waals surface area contributed by atoms with Crippen LogP contribution >= 0.6 is 0 Å². The van der Waals surface area contributed by atoms with Gasteiger partial charge in [0.15, 0.2) is 0 Å². The van der Waals surface area contributed by atoms with Gasteiger partial charge in [-0.05, 0) is 55.3 Å². The monoisotopic (exact) mass is 487 g/mol. The van der Waals surface area contributed by atoms with Gasteiger partial charge in [0.2, 0.25) is 11.9 Å². The number of benzene rings is 2. The van der Waals surface area contributed by atoms with Crippen LogP contribution in [0.1, 0.15) is 13.8 Å². The number of pyridine rings is 1. The van der Waals surface area contributed by atoms with Gasteiger partial charge in [0.25, 0.3) is 5.56 Å². The molecule has 0 radical (unpaired) electrons. The Morgan fingerprint density at radius 1 is 0.972 bits per heavy atom. The number of nitrogens with one attached hydrogen (secondary N) is 2. The van der Waals surface area contributed by atoms with Crippen molar-refractivity contribution in [3.05, 3.63) is 64.8 Å². The van der Waals surface area contributed by atoms with Crippen molar-refractivity contribution >= 4 is 28.4 Å². The Balaban J connectivity index is 1.46. The second kappa shape index (κ2) is 9.58. The second-order valence-corrected chi connectivity index (χ2v) is 9.32. The highest BCUT2D eigenvalue weighted by Gasteiger charge is 2.20. The van der Waals surface area contributed by atoms with Crippen molar-refractivity contribution in [2.24, 2.45) is 0 Å². The lowest BCUT2D eigenvalue weighted by Gasteiger charge is -2.38. The maximum atomic E-state index is 14.9. The predicted molar refractivity (Wildman–Crippen MR) is 144 cm³/mol. The fourth-order valence-electron chi connectivity index (χ4n) is 4.71. The average molecular weight is 488 g/mol. The summed E-state index contributed by atoms with van der Waals surface area (Å²) >= 11 is 0. The van der Waals surface area contributed by atoms with E-state index >= 15 is 0 Å². The molecule has 9 heteroatoms. The summed E-state index contributed by atoms with van der Waals surface area (Å²) in [6.45, 7) is 8.44. The topological polar surface area (TPSA) is 103 Å². The lowest BCUT2D eigenvalue weighted by molar-refractivity contribution is 0.209. The van der Waals surface area contributed by atoms with Gasteiger partial charge in [0.05, 0.1) is 10.9 Å². The van der Waals surface area contributed by atoms with E-state index in [0.29, 0.717) is 39.6 Å². The number of H-pyrrole nitrogens is 1. The Kier molecular flexibility index (Phi) is 6.32. The summed E-state index contributed by atoms with van der Waals surface area (Å²) in [7, 11) is 1.68. The summed E-state index contributed by atoms with van der Waals surface area (Å²) in [5.74, 6) is -0.183. The number of nitrogens with zero attached hydrogens (tertiary/aromatic N) is 4. The molecule has 36 heavy (non-hydrogen) atoms. The van der Waals surface area contributed by atoms with Crippen LogP contribution in [0.5, 0.6) is 0 Å². The lowest BCUT2D eigenvalue weighted by Crippen LogP contribution is -2.48. The van der Waals surface area contributed by atoms with Gasteiger partial charge in [-0.15, -0.1) is 0 Å². The number of hydrogen-bond acceptors (Lipinski definition) is 7. The number of fused-ring (bicyclic) bond motifs is 1. The summed E-state index contributed by atoms with van der Waals surface area (Å²) in [6.07, 6.45) is 0. The summed E-state index contributed by atoms with van der Waals surface area (Å²) in [5.41, 5.74) is 9.88. The van der Waals surface area contributed by atoms with Crippen molar-refractivity contribution in [3.8, 4) is 22.3 Å². The van der Waals surface area contributed by atoms with Crippen LogP contribution in [0, 0.1) is 5.95 Å². The van der Waals surface area contributed by atoms with Gasteiger partial charge in [-0.3, -0.25) is 14.7 Å². The van der Waals surface area contributed by atoms with E-state index in [9.17, 15) is 9.18 Å². The van der Waals surface area contributed by atoms with Crippen molar-refractivity contribution in [1.82, 2.24) is 19.9 Å². The molecule has 0 atom stereocenters. The molecule has 0 spiro atoms. The van der Waals surface area contributed by atoms with Gasteiger partial charge >= 0.3 is 0 Å². The maximum absolute atomic E-state index is 14.9.